The van der Waals surface area contributed by atoms with Crippen LogP contribution >= 0.6 is 11.3 Å². The summed E-state index contributed by atoms with van der Waals surface area (Å²) in [6.45, 7) is 0.166. The Hall–Kier alpha value is -4.23. The third kappa shape index (κ3) is 4.46. The SMILES string of the molecule is COc1ccc(CN2C(=O)C(=Cc3csc(-c4cccc(OC)c4)n3)c3ccccc3C2=O)cc1. The Labute approximate surface area is 207 Å². The van der Waals surface area contributed by atoms with Crippen molar-refractivity contribution in [3.05, 3.63) is 101 Å². The van der Waals surface area contributed by atoms with Crippen LogP contribution in [0.5, 0.6) is 11.5 Å². The minimum absolute atomic E-state index is 0.166. The molecule has 5 rings (SSSR count). The van der Waals surface area contributed by atoms with Gasteiger partial charge < -0.3 is 9.47 Å². The van der Waals surface area contributed by atoms with Crippen molar-refractivity contribution in [1.29, 1.82) is 0 Å². The van der Waals surface area contributed by atoms with Gasteiger partial charge in [0, 0.05) is 22.1 Å². The lowest BCUT2D eigenvalue weighted by atomic mass is 9.92. The summed E-state index contributed by atoms with van der Waals surface area (Å²) in [4.78, 5) is 32.8. The van der Waals surface area contributed by atoms with E-state index in [4.69, 9.17) is 14.5 Å². The highest BCUT2D eigenvalue weighted by Crippen LogP contribution is 2.33. The van der Waals surface area contributed by atoms with E-state index in [1.807, 2.05) is 60.0 Å². The van der Waals surface area contributed by atoms with E-state index in [0.29, 0.717) is 28.1 Å². The van der Waals surface area contributed by atoms with Crippen molar-refractivity contribution in [3.8, 4) is 22.1 Å². The summed E-state index contributed by atoms with van der Waals surface area (Å²) >= 11 is 1.49. The van der Waals surface area contributed by atoms with Crippen LogP contribution in [0.25, 0.3) is 22.2 Å². The predicted octanol–water partition coefficient (Wildman–Crippen LogP) is 5.55. The second-order valence-corrected chi connectivity index (χ2v) is 8.82. The number of thiazole rings is 1. The third-order valence-corrected chi connectivity index (χ3v) is 6.71. The van der Waals surface area contributed by atoms with Crippen LogP contribution in [0.1, 0.15) is 27.2 Å². The Morgan fingerprint density at radius 3 is 2.34 bits per heavy atom. The van der Waals surface area contributed by atoms with Crippen LogP contribution in [0.3, 0.4) is 0 Å². The number of aromatic nitrogens is 1. The van der Waals surface area contributed by atoms with Gasteiger partial charge in [-0.1, -0.05) is 42.5 Å². The molecule has 0 saturated carbocycles. The van der Waals surface area contributed by atoms with Gasteiger partial charge in [-0.25, -0.2) is 4.98 Å². The van der Waals surface area contributed by atoms with E-state index >= 15 is 0 Å². The number of imide groups is 1. The van der Waals surface area contributed by atoms with Crippen molar-refractivity contribution in [2.45, 2.75) is 6.54 Å². The first-order valence-electron chi connectivity index (χ1n) is 11.0. The molecular weight excluding hydrogens is 460 g/mol. The highest BCUT2D eigenvalue weighted by Gasteiger charge is 2.34. The second kappa shape index (κ2) is 9.56. The Morgan fingerprint density at radius 1 is 0.857 bits per heavy atom. The van der Waals surface area contributed by atoms with Crippen molar-refractivity contribution in [2.75, 3.05) is 14.2 Å². The van der Waals surface area contributed by atoms with Gasteiger partial charge in [-0.15, -0.1) is 11.3 Å². The lowest BCUT2D eigenvalue weighted by Gasteiger charge is -2.28. The fraction of sp³-hybridized carbons (Fsp3) is 0.107. The summed E-state index contributed by atoms with van der Waals surface area (Å²) in [5, 5.41) is 2.72. The van der Waals surface area contributed by atoms with Crippen molar-refractivity contribution in [3.63, 3.8) is 0 Å². The number of carbonyl (C=O) groups excluding carboxylic acids is 2. The van der Waals surface area contributed by atoms with Crippen LogP contribution in [0.15, 0.2) is 78.2 Å². The van der Waals surface area contributed by atoms with Gasteiger partial charge in [0.1, 0.15) is 16.5 Å². The molecular formula is C28H22N2O4S. The molecule has 4 aromatic rings. The zero-order chi connectivity index (χ0) is 24.4. The summed E-state index contributed by atoms with van der Waals surface area (Å²) in [5.74, 6) is 0.808. The molecule has 0 saturated heterocycles. The molecule has 2 amide bonds. The minimum Gasteiger partial charge on any atom is -0.497 e. The minimum atomic E-state index is -0.347. The van der Waals surface area contributed by atoms with E-state index in [9.17, 15) is 9.59 Å². The van der Waals surface area contributed by atoms with Crippen molar-refractivity contribution < 1.29 is 19.1 Å². The molecule has 0 spiro atoms. The maximum absolute atomic E-state index is 13.6. The van der Waals surface area contributed by atoms with Crippen LogP contribution < -0.4 is 9.47 Å². The lowest BCUT2D eigenvalue weighted by molar-refractivity contribution is -0.123. The van der Waals surface area contributed by atoms with E-state index < -0.39 is 0 Å². The van der Waals surface area contributed by atoms with Crippen LogP contribution in [0, 0.1) is 0 Å². The lowest BCUT2D eigenvalue weighted by Crippen LogP contribution is -2.41. The summed E-state index contributed by atoms with van der Waals surface area (Å²) in [6.07, 6.45) is 1.76. The molecule has 7 heteroatoms. The average molecular weight is 483 g/mol. The smallest absolute Gasteiger partial charge is 0.261 e. The maximum Gasteiger partial charge on any atom is 0.261 e. The van der Waals surface area contributed by atoms with Gasteiger partial charge in [0.25, 0.3) is 11.8 Å². The summed E-state index contributed by atoms with van der Waals surface area (Å²) in [6, 6.07) is 22.2. The number of benzene rings is 3. The van der Waals surface area contributed by atoms with E-state index in [-0.39, 0.29) is 18.4 Å². The molecule has 0 fully saturated rings. The van der Waals surface area contributed by atoms with Gasteiger partial charge in [-0.3, -0.25) is 14.5 Å². The number of methoxy groups -OCH3 is 2. The number of amides is 2. The van der Waals surface area contributed by atoms with Gasteiger partial charge in [-0.05, 0) is 42.0 Å². The first-order chi connectivity index (χ1) is 17.1. The molecule has 35 heavy (non-hydrogen) atoms. The van der Waals surface area contributed by atoms with Crippen LogP contribution in [-0.4, -0.2) is 35.9 Å². The number of nitrogens with zero attached hydrogens (tertiary/aromatic N) is 2. The van der Waals surface area contributed by atoms with Gasteiger partial charge in [0.15, 0.2) is 0 Å². The Morgan fingerprint density at radius 2 is 1.60 bits per heavy atom. The number of hydrogen-bond donors (Lipinski definition) is 0. The zero-order valence-electron chi connectivity index (χ0n) is 19.2. The Kier molecular flexibility index (Phi) is 6.16. The molecule has 0 N–H and O–H groups in total. The standard InChI is InChI=1S/C28H22N2O4S/c1-33-21-12-10-18(11-13-21)16-30-27(31)24-9-4-3-8-23(24)25(28(30)32)15-20-17-35-26(29-20)19-6-5-7-22(14-19)34-2/h3-15,17H,16H2,1-2H3. The Bertz CT molecular complexity index is 1440. The Balaban J connectivity index is 1.51. The number of hydrogen-bond acceptors (Lipinski definition) is 6. The predicted molar refractivity (Wildman–Crippen MR) is 136 cm³/mol. The average Bonchev–Trinajstić information content (AvgIpc) is 3.38. The first-order valence-corrected chi connectivity index (χ1v) is 11.9. The molecule has 174 valence electrons. The number of ether oxygens (including phenoxy) is 2. The van der Waals surface area contributed by atoms with Gasteiger partial charge >= 0.3 is 0 Å². The monoisotopic (exact) mass is 482 g/mol. The van der Waals surface area contributed by atoms with Gasteiger partial charge in [-0.2, -0.15) is 0 Å². The van der Waals surface area contributed by atoms with Gasteiger partial charge in [0.05, 0.1) is 32.0 Å². The molecule has 1 aliphatic rings. The largest absolute Gasteiger partial charge is 0.497 e. The normalized spacial score (nSPS) is 14.2. The summed E-state index contributed by atoms with van der Waals surface area (Å²) < 4.78 is 10.5. The van der Waals surface area contributed by atoms with E-state index in [0.717, 1.165) is 21.9 Å². The van der Waals surface area contributed by atoms with E-state index in [1.165, 1.54) is 16.2 Å². The van der Waals surface area contributed by atoms with Crippen molar-refractivity contribution in [1.82, 2.24) is 9.88 Å². The molecule has 0 bridgehead atoms. The fourth-order valence-corrected chi connectivity index (χ4v) is 4.76. The quantitative estimate of drug-likeness (QED) is 0.266. The van der Waals surface area contributed by atoms with Gasteiger partial charge in [0.2, 0.25) is 0 Å². The topological polar surface area (TPSA) is 68.7 Å². The van der Waals surface area contributed by atoms with E-state index in [2.05, 4.69) is 0 Å². The molecule has 0 aliphatic carbocycles. The molecule has 0 radical (unpaired) electrons. The molecule has 1 aliphatic heterocycles. The number of rotatable bonds is 6. The highest BCUT2D eigenvalue weighted by molar-refractivity contribution is 7.13. The van der Waals surface area contributed by atoms with Crippen molar-refractivity contribution in [2.24, 2.45) is 0 Å². The molecule has 0 unspecified atom stereocenters. The molecule has 1 aromatic heterocycles. The first kappa shape index (κ1) is 22.6. The second-order valence-electron chi connectivity index (χ2n) is 7.96. The van der Waals surface area contributed by atoms with Crippen molar-refractivity contribution >= 4 is 34.8 Å². The molecule has 2 heterocycles. The fourth-order valence-electron chi connectivity index (χ4n) is 3.99. The molecule has 0 atom stereocenters. The van der Waals surface area contributed by atoms with Crippen LogP contribution in [0.4, 0.5) is 0 Å². The van der Waals surface area contributed by atoms with E-state index in [1.54, 1.807) is 38.5 Å². The maximum atomic E-state index is 13.6. The molecule has 6 nitrogen and oxygen atoms in total. The summed E-state index contributed by atoms with van der Waals surface area (Å²) in [7, 11) is 3.22. The van der Waals surface area contributed by atoms with Crippen LogP contribution in [0.2, 0.25) is 0 Å². The third-order valence-electron chi connectivity index (χ3n) is 5.80. The summed E-state index contributed by atoms with van der Waals surface area (Å²) in [5.41, 5.74) is 3.98. The molecule has 3 aromatic carbocycles. The number of fused-ring (bicyclic) bond motifs is 1. The van der Waals surface area contributed by atoms with Crippen LogP contribution in [-0.2, 0) is 11.3 Å². The zero-order valence-corrected chi connectivity index (χ0v) is 20.0. The highest BCUT2D eigenvalue weighted by atomic mass is 32.1. The number of carbonyl (C=O) groups is 2.